The molecular weight excluding hydrogens is 195 g/mol. The highest BCUT2D eigenvalue weighted by Crippen LogP contribution is 2.31. The highest BCUT2D eigenvalue weighted by molar-refractivity contribution is 6.17. The Bertz CT molecular complexity index is 302. The summed E-state index contributed by atoms with van der Waals surface area (Å²) < 4.78 is 23.0. The molecule has 4 heteroatoms. The lowest BCUT2D eigenvalue weighted by molar-refractivity contribution is 0.337. The van der Waals surface area contributed by atoms with Crippen molar-refractivity contribution in [1.82, 2.24) is 0 Å². The Morgan fingerprint density at radius 3 is 2.46 bits per heavy atom. The van der Waals surface area contributed by atoms with Crippen molar-refractivity contribution in [2.75, 3.05) is 14.2 Å². The monoisotopic (exact) mass is 204 g/mol. The molecule has 0 amide bonds. The standard InChI is InChI=1S/C9H10ClFO2/c1-12-8-4-6(5-10)3-7(11)9(8)13-2/h3-4H,5H2,1-2H3. The van der Waals surface area contributed by atoms with Crippen molar-refractivity contribution >= 4 is 11.6 Å². The number of ether oxygens (including phenoxy) is 2. The van der Waals surface area contributed by atoms with Crippen LogP contribution in [0.25, 0.3) is 0 Å². The second-order valence-electron chi connectivity index (χ2n) is 2.45. The molecule has 0 aliphatic rings. The minimum absolute atomic E-state index is 0.108. The smallest absolute Gasteiger partial charge is 0.196 e. The van der Waals surface area contributed by atoms with E-state index >= 15 is 0 Å². The van der Waals surface area contributed by atoms with Gasteiger partial charge in [0.2, 0.25) is 0 Å². The maximum absolute atomic E-state index is 13.2. The molecule has 1 aromatic carbocycles. The van der Waals surface area contributed by atoms with Gasteiger partial charge in [-0.25, -0.2) is 4.39 Å². The summed E-state index contributed by atoms with van der Waals surface area (Å²) in [6.45, 7) is 0. The predicted molar refractivity (Wildman–Crippen MR) is 49.1 cm³/mol. The molecule has 0 aliphatic heterocycles. The summed E-state index contributed by atoms with van der Waals surface area (Å²) in [5, 5.41) is 0. The number of hydrogen-bond acceptors (Lipinski definition) is 2. The summed E-state index contributed by atoms with van der Waals surface area (Å²) >= 11 is 5.56. The molecule has 0 saturated carbocycles. The first-order valence-electron chi connectivity index (χ1n) is 3.69. The Balaban J connectivity index is 3.20. The Morgan fingerprint density at radius 1 is 1.31 bits per heavy atom. The molecule has 1 rings (SSSR count). The van der Waals surface area contributed by atoms with Crippen LogP contribution in [0.3, 0.4) is 0 Å². The van der Waals surface area contributed by atoms with E-state index in [1.54, 1.807) is 6.07 Å². The van der Waals surface area contributed by atoms with Gasteiger partial charge in [-0.1, -0.05) is 0 Å². The van der Waals surface area contributed by atoms with E-state index in [1.807, 2.05) is 0 Å². The van der Waals surface area contributed by atoms with Crippen LogP contribution in [0.5, 0.6) is 11.5 Å². The lowest BCUT2D eigenvalue weighted by Crippen LogP contribution is -1.95. The third kappa shape index (κ3) is 2.04. The van der Waals surface area contributed by atoms with E-state index < -0.39 is 5.82 Å². The average Bonchev–Trinajstić information content (AvgIpc) is 2.16. The lowest BCUT2D eigenvalue weighted by Gasteiger charge is -2.09. The molecule has 0 saturated heterocycles. The molecule has 13 heavy (non-hydrogen) atoms. The summed E-state index contributed by atoms with van der Waals surface area (Å²) in [5.41, 5.74) is 0.664. The number of hydrogen-bond donors (Lipinski definition) is 0. The average molecular weight is 205 g/mol. The van der Waals surface area contributed by atoms with Crippen molar-refractivity contribution in [1.29, 1.82) is 0 Å². The van der Waals surface area contributed by atoms with Gasteiger partial charge in [-0.15, -0.1) is 11.6 Å². The first kappa shape index (κ1) is 10.1. The lowest BCUT2D eigenvalue weighted by atomic mass is 10.2. The summed E-state index contributed by atoms with van der Waals surface area (Å²) in [7, 11) is 2.84. The quantitative estimate of drug-likeness (QED) is 0.705. The van der Waals surface area contributed by atoms with Gasteiger partial charge in [0, 0.05) is 5.88 Å². The third-order valence-corrected chi connectivity index (χ3v) is 1.96. The zero-order chi connectivity index (χ0) is 9.84. The normalized spacial score (nSPS) is 9.85. The van der Waals surface area contributed by atoms with Crippen molar-refractivity contribution in [2.45, 2.75) is 5.88 Å². The van der Waals surface area contributed by atoms with E-state index in [0.29, 0.717) is 11.3 Å². The van der Waals surface area contributed by atoms with Crippen LogP contribution in [0.2, 0.25) is 0 Å². The molecule has 0 unspecified atom stereocenters. The molecule has 0 atom stereocenters. The molecule has 0 fully saturated rings. The van der Waals surface area contributed by atoms with Crippen LogP contribution in [0.1, 0.15) is 5.56 Å². The van der Waals surface area contributed by atoms with Crippen molar-refractivity contribution in [3.05, 3.63) is 23.5 Å². The van der Waals surface area contributed by atoms with Gasteiger partial charge in [-0.05, 0) is 17.7 Å². The summed E-state index contributed by atoms with van der Waals surface area (Å²) in [5.74, 6) is 0.254. The first-order valence-corrected chi connectivity index (χ1v) is 4.22. The van der Waals surface area contributed by atoms with Crippen molar-refractivity contribution in [2.24, 2.45) is 0 Å². The summed E-state index contributed by atoms with van der Waals surface area (Å²) in [6.07, 6.45) is 0. The second-order valence-corrected chi connectivity index (χ2v) is 2.71. The van der Waals surface area contributed by atoms with E-state index in [2.05, 4.69) is 0 Å². The van der Waals surface area contributed by atoms with E-state index in [9.17, 15) is 4.39 Å². The minimum Gasteiger partial charge on any atom is -0.493 e. The molecule has 0 aliphatic carbocycles. The van der Waals surface area contributed by atoms with Crippen molar-refractivity contribution < 1.29 is 13.9 Å². The van der Waals surface area contributed by atoms with Crippen LogP contribution < -0.4 is 9.47 Å². The number of alkyl halides is 1. The maximum Gasteiger partial charge on any atom is 0.196 e. The van der Waals surface area contributed by atoms with Gasteiger partial charge in [0.1, 0.15) is 0 Å². The van der Waals surface area contributed by atoms with Crippen LogP contribution in [-0.2, 0) is 5.88 Å². The molecule has 0 radical (unpaired) electrons. The Morgan fingerprint density at radius 2 is 2.00 bits per heavy atom. The van der Waals surface area contributed by atoms with Gasteiger partial charge >= 0.3 is 0 Å². The fourth-order valence-corrected chi connectivity index (χ4v) is 1.20. The van der Waals surface area contributed by atoms with E-state index in [-0.39, 0.29) is 11.6 Å². The molecular formula is C9H10ClFO2. The molecule has 0 bridgehead atoms. The van der Waals surface area contributed by atoms with Crippen LogP contribution in [0, 0.1) is 5.82 Å². The zero-order valence-corrected chi connectivity index (χ0v) is 8.19. The van der Waals surface area contributed by atoms with Crippen LogP contribution in [0.4, 0.5) is 4.39 Å². The molecule has 2 nitrogen and oxygen atoms in total. The van der Waals surface area contributed by atoms with Crippen molar-refractivity contribution in [3.8, 4) is 11.5 Å². The highest BCUT2D eigenvalue weighted by atomic mass is 35.5. The minimum atomic E-state index is -0.461. The van der Waals surface area contributed by atoms with Crippen LogP contribution >= 0.6 is 11.6 Å². The van der Waals surface area contributed by atoms with Gasteiger partial charge in [0.05, 0.1) is 14.2 Å². The number of benzene rings is 1. The molecule has 0 N–H and O–H groups in total. The second kappa shape index (κ2) is 4.33. The molecule has 0 spiro atoms. The fraction of sp³-hybridized carbons (Fsp3) is 0.333. The fourth-order valence-electron chi connectivity index (χ4n) is 1.05. The van der Waals surface area contributed by atoms with E-state index in [0.717, 1.165) is 0 Å². The maximum atomic E-state index is 13.2. The van der Waals surface area contributed by atoms with Gasteiger partial charge in [-0.2, -0.15) is 0 Å². The number of methoxy groups -OCH3 is 2. The first-order chi connectivity index (χ1) is 6.22. The topological polar surface area (TPSA) is 18.5 Å². The Hall–Kier alpha value is -0.960. The van der Waals surface area contributed by atoms with E-state index in [1.165, 1.54) is 20.3 Å². The number of rotatable bonds is 3. The Kier molecular flexibility index (Phi) is 3.37. The summed E-state index contributed by atoms with van der Waals surface area (Å²) in [6, 6.07) is 2.98. The zero-order valence-electron chi connectivity index (χ0n) is 7.43. The predicted octanol–water partition coefficient (Wildman–Crippen LogP) is 2.58. The third-order valence-electron chi connectivity index (χ3n) is 1.65. The molecule has 1 aromatic rings. The molecule has 0 aromatic heterocycles. The van der Waals surface area contributed by atoms with Crippen LogP contribution in [0.15, 0.2) is 12.1 Å². The van der Waals surface area contributed by atoms with Gasteiger partial charge in [-0.3, -0.25) is 0 Å². The van der Waals surface area contributed by atoms with Crippen molar-refractivity contribution in [3.63, 3.8) is 0 Å². The number of halogens is 2. The van der Waals surface area contributed by atoms with E-state index in [4.69, 9.17) is 21.1 Å². The molecule has 72 valence electrons. The van der Waals surface area contributed by atoms with Gasteiger partial charge in [0.25, 0.3) is 0 Å². The molecule has 0 heterocycles. The Labute approximate surface area is 81.2 Å². The summed E-state index contributed by atoms with van der Waals surface area (Å²) in [4.78, 5) is 0. The SMILES string of the molecule is COc1cc(CCl)cc(F)c1OC. The van der Waals surface area contributed by atoms with Gasteiger partial charge < -0.3 is 9.47 Å². The van der Waals surface area contributed by atoms with Crippen LogP contribution in [-0.4, -0.2) is 14.2 Å². The highest BCUT2D eigenvalue weighted by Gasteiger charge is 2.11. The van der Waals surface area contributed by atoms with Gasteiger partial charge in [0.15, 0.2) is 17.3 Å². The largest absolute Gasteiger partial charge is 0.493 e.